The monoisotopic (exact) mass is 363 g/mol. The zero-order chi connectivity index (χ0) is 17.9. The highest BCUT2D eigenvalue weighted by Crippen LogP contribution is 2.31. The van der Waals surface area contributed by atoms with Gasteiger partial charge in [-0.15, -0.1) is 0 Å². The van der Waals surface area contributed by atoms with Gasteiger partial charge in [0.1, 0.15) is 5.75 Å². The van der Waals surface area contributed by atoms with Crippen LogP contribution in [0.25, 0.3) is 0 Å². The van der Waals surface area contributed by atoms with Crippen molar-refractivity contribution in [3.63, 3.8) is 0 Å². The summed E-state index contributed by atoms with van der Waals surface area (Å²) in [5, 5.41) is 0. The summed E-state index contributed by atoms with van der Waals surface area (Å²) in [7, 11) is -2.58. The topological polar surface area (TPSA) is 90.9 Å². The van der Waals surface area contributed by atoms with Crippen molar-refractivity contribution in [2.45, 2.75) is 11.3 Å². The van der Waals surface area contributed by atoms with Crippen LogP contribution in [0.3, 0.4) is 0 Å². The van der Waals surface area contributed by atoms with Crippen molar-refractivity contribution in [2.24, 2.45) is 0 Å². The molecule has 2 aromatic rings. The average Bonchev–Trinajstić information content (AvgIpc) is 2.86. The minimum atomic E-state index is -4.05. The molecule has 0 unspecified atom stereocenters. The summed E-state index contributed by atoms with van der Waals surface area (Å²) in [6, 6.07) is 10.5. The molecular weight excluding hydrogens is 346 g/mol. The Morgan fingerprint density at radius 3 is 2.60 bits per heavy atom. The van der Waals surface area contributed by atoms with Crippen molar-refractivity contribution >= 4 is 15.9 Å². The lowest BCUT2D eigenvalue weighted by atomic mass is 10.2. The minimum Gasteiger partial charge on any atom is -0.497 e. The number of carbonyl (C=O) groups excluding carboxylic acids is 1. The van der Waals surface area contributed by atoms with Crippen LogP contribution in [0.5, 0.6) is 17.2 Å². The molecule has 0 saturated heterocycles. The minimum absolute atomic E-state index is 0.0759. The first-order valence-corrected chi connectivity index (χ1v) is 9.09. The summed E-state index contributed by atoms with van der Waals surface area (Å²) in [6.07, 6.45) is 0.712. The van der Waals surface area contributed by atoms with E-state index >= 15 is 0 Å². The number of benzene rings is 2. The number of hydrogen-bond acceptors (Lipinski definition) is 6. The number of rotatable bonds is 4. The van der Waals surface area contributed by atoms with Crippen LogP contribution in [0.1, 0.15) is 16.8 Å². The summed E-state index contributed by atoms with van der Waals surface area (Å²) in [6.45, 7) is 0.943. The summed E-state index contributed by atoms with van der Waals surface area (Å²) < 4.78 is 43.0. The van der Waals surface area contributed by atoms with Gasteiger partial charge in [-0.3, -0.25) is 4.79 Å². The van der Waals surface area contributed by atoms with E-state index in [0.717, 1.165) is 0 Å². The lowest BCUT2D eigenvalue weighted by Gasteiger charge is -2.11. The molecule has 3 rings (SSSR count). The van der Waals surface area contributed by atoms with Gasteiger partial charge in [0.25, 0.3) is 15.9 Å². The first-order valence-electron chi connectivity index (χ1n) is 7.60. The molecule has 1 N–H and O–H groups in total. The molecule has 25 heavy (non-hydrogen) atoms. The molecule has 7 nitrogen and oxygen atoms in total. The highest BCUT2D eigenvalue weighted by Gasteiger charge is 2.22. The van der Waals surface area contributed by atoms with Crippen molar-refractivity contribution in [3.8, 4) is 17.2 Å². The molecular formula is C17H17NO6S. The highest BCUT2D eigenvalue weighted by molar-refractivity contribution is 7.90. The van der Waals surface area contributed by atoms with Crippen LogP contribution in [0, 0.1) is 0 Å². The third kappa shape index (κ3) is 3.85. The third-order valence-corrected chi connectivity index (χ3v) is 4.92. The van der Waals surface area contributed by atoms with Crippen LogP contribution >= 0.6 is 0 Å². The van der Waals surface area contributed by atoms with E-state index in [-0.39, 0.29) is 10.5 Å². The number of amides is 1. The number of hydrogen-bond donors (Lipinski definition) is 1. The average molecular weight is 363 g/mol. The summed E-state index contributed by atoms with van der Waals surface area (Å²) >= 11 is 0. The highest BCUT2D eigenvalue weighted by atomic mass is 32.2. The SMILES string of the molecule is COc1cccc(C(=O)NS(=O)(=O)c2ccc3c(c2)OCCCO3)c1. The fourth-order valence-corrected chi connectivity index (χ4v) is 3.30. The van der Waals surface area contributed by atoms with Gasteiger partial charge in [0.15, 0.2) is 11.5 Å². The van der Waals surface area contributed by atoms with Gasteiger partial charge in [-0.05, 0) is 30.3 Å². The van der Waals surface area contributed by atoms with Gasteiger partial charge in [-0.25, -0.2) is 13.1 Å². The first kappa shape index (κ1) is 17.1. The molecule has 0 radical (unpaired) electrons. The van der Waals surface area contributed by atoms with E-state index in [2.05, 4.69) is 0 Å². The molecule has 1 aliphatic heterocycles. The van der Waals surface area contributed by atoms with Gasteiger partial charge in [0, 0.05) is 18.1 Å². The number of ether oxygens (including phenoxy) is 3. The molecule has 0 bridgehead atoms. The maximum atomic E-state index is 12.5. The zero-order valence-corrected chi connectivity index (χ0v) is 14.3. The molecule has 8 heteroatoms. The predicted octanol–water partition coefficient (Wildman–Crippen LogP) is 1.98. The van der Waals surface area contributed by atoms with Gasteiger partial charge >= 0.3 is 0 Å². The maximum Gasteiger partial charge on any atom is 0.265 e. The lowest BCUT2D eigenvalue weighted by molar-refractivity contribution is 0.0981. The molecule has 1 amide bonds. The van der Waals surface area contributed by atoms with Crippen LogP contribution in [0.2, 0.25) is 0 Å². The predicted molar refractivity (Wildman–Crippen MR) is 89.7 cm³/mol. The van der Waals surface area contributed by atoms with Crippen molar-refractivity contribution in [1.82, 2.24) is 4.72 Å². The maximum absolute atomic E-state index is 12.5. The molecule has 0 aromatic heterocycles. The van der Waals surface area contributed by atoms with Crippen LogP contribution in [0.4, 0.5) is 0 Å². The third-order valence-electron chi connectivity index (χ3n) is 3.59. The Morgan fingerprint density at radius 2 is 1.84 bits per heavy atom. The van der Waals surface area contributed by atoms with E-state index in [1.807, 2.05) is 4.72 Å². The van der Waals surface area contributed by atoms with E-state index in [4.69, 9.17) is 14.2 Å². The van der Waals surface area contributed by atoms with E-state index in [0.29, 0.717) is 36.9 Å². The van der Waals surface area contributed by atoms with Crippen molar-refractivity contribution in [2.75, 3.05) is 20.3 Å². The quantitative estimate of drug-likeness (QED) is 0.893. The van der Waals surface area contributed by atoms with Crippen LogP contribution in [-0.4, -0.2) is 34.6 Å². The van der Waals surface area contributed by atoms with E-state index in [9.17, 15) is 13.2 Å². The first-order chi connectivity index (χ1) is 12.0. The summed E-state index contributed by atoms with van der Waals surface area (Å²) in [4.78, 5) is 12.2. The van der Waals surface area contributed by atoms with Gasteiger partial charge < -0.3 is 14.2 Å². The number of nitrogens with one attached hydrogen (secondary N) is 1. The Morgan fingerprint density at radius 1 is 1.08 bits per heavy atom. The van der Waals surface area contributed by atoms with Crippen LogP contribution < -0.4 is 18.9 Å². The summed E-state index contributed by atoms with van der Waals surface area (Å²) in [5.41, 5.74) is 0.178. The fraction of sp³-hybridized carbons (Fsp3) is 0.235. The van der Waals surface area contributed by atoms with Crippen molar-refractivity contribution in [1.29, 1.82) is 0 Å². The number of sulfonamides is 1. The van der Waals surface area contributed by atoms with Crippen molar-refractivity contribution < 1.29 is 27.4 Å². The van der Waals surface area contributed by atoms with Crippen LogP contribution in [0.15, 0.2) is 47.4 Å². The van der Waals surface area contributed by atoms with Gasteiger partial charge in [-0.1, -0.05) is 6.07 Å². The largest absolute Gasteiger partial charge is 0.497 e. The van der Waals surface area contributed by atoms with Gasteiger partial charge in [0.2, 0.25) is 0 Å². The molecule has 0 fully saturated rings. The van der Waals surface area contributed by atoms with E-state index < -0.39 is 15.9 Å². The smallest absolute Gasteiger partial charge is 0.265 e. The van der Waals surface area contributed by atoms with Gasteiger partial charge in [-0.2, -0.15) is 0 Å². The Labute approximate surface area is 145 Å². The molecule has 2 aromatic carbocycles. The molecule has 132 valence electrons. The molecule has 0 aliphatic carbocycles. The molecule has 1 heterocycles. The second-order valence-corrected chi connectivity index (χ2v) is 7.01. The lowest BCUT2D eigenvalue weighted by Crippen LogP contribution is -2.30. The Kier molecular flexibility index (Phi) is 4.80. The number of fused-ring (bicyclic) bond motifs is 1. The Hall–Kier alpha value is -2.74. The molecule has 0 spiro atoms. The summed E-state index contributed by atoms with van der Waals surface area (Å²) in [5.74, 6) is 0.538. The van der Waals surface area contributed by atoms with Crippen LogP contribution in [-0.2, 0) is 10.0 Å². The normalized spacial score (nSPS) is 13.6. The second kappa shape index (κ2) is 7.02. The molecule has 1 aliphatic rings. The van der Waals surface area contributed by atoms with Crippen molar-refractivity contribution in [3.05, 3.63) is 48.0 Å². The number of carbonyl (C=O) groups is 1. The Bertz CT molecular complexity index is 894. The molecule has 0 saturated carbocycles. The fourth-order valence-electron chi connectivity index (χ4n) is 2.31. The zero-order valence-electron chi connectivity index (χ0n) is 13.5. The second-order valence-electron chi connectivity index (χ2n) is 5.33. The van der Waals surface area contributed by atoms with E-state index in [1.165, 1.54) is 37.4 Å². The van der Waals surface area contributed by atoms with E-state index in [1.54, 1.807) is 12.1 Å². The number of methoxy groups -OCH3 is 1. The molecule has 0 atom stereocenters. The van der Waals surface area contributed by atoms with Gasteiger partial charge in [0.05, 0.1) is 25.2 Å². The Balaban J connectivity index is 1.84. The standard InChI is InChI=1S/C17H17NO6S/c1-22-13-5-2-4-12(10-13)17(19)18-25(20,21)14-6-7-15-16(11-14)24-9-3-8-23-15/h2,4-7,10-11H,3,8-9H2,1H3,(H,18,19).